The van der Waals surface area contributed by atoms with Gasteiger partial charge in [0.25, 0.3) is 0 Å². The molecule has 0 fully saturated rings. The molecule has 0 aromatic carbocycles. The third-order valence-electron chi connectivity index (χ3n) is 2.49. The van der Waals surface area contributed by atoms with E-state index in [4.69, 9.17) is 8.85 Å². The molecule has 0 radical (unpaired) electrons. The number of hydrogen-bond donors (Lipinski definition) is 0. The highest BCUT2D eigenvalue weighted by atomic mass is 28.3. The molecule has 12 heavy (non-hydrogen) atoms. The molecule has 0 aliphatic rings. The smallest absolute Gasteiger partial charge is 0.320 e. The van der Waals surface area contributed by atoms with Gasteiger partial charge < -0.3 is 8.85 Å². The fraction of sp³-hybridized carbons (Fsp3) is 1.00. The Labute approximate surface area is 78.1 Å². The zero-order valence-electron chi connectivity index (χ0n) is 8.80. The van der Waals surface area contributed by atoms with E-state index in [1.165, 1.54) is 19.3 Å². The highest BCUT2D eigenvalue weighted by Crippen LogP contribution is 2.16. The second-order valence-electron chi connectivity index (χ2n) is 3.16. The second-order valence-corrected chi connectivity index (χ2v) is 5.54. The van der Waals surface area contributed by atoms with Gasteiger partial charge in [-0.3, -0.25) is 0 Å². The molecule has 0 saturated carbocycles. The summed E-state index contributed by atoms with van der Waals surface area (Å²) in [5.41, 5.74) is 0. The summed E-state index contributed by atoms with van der Waals surface area (Å²) in [6.45, 7) is 4.51. The van der Waals surface area contributed by atoms with Crippen LogP contribution in [0.5, 0.6) is 0 Å². The van der Waals surface area contributed by atoms with Crippen LogP contribution in [0.2, 0.25) is 6.04 Å². The first-order valence-corrected chi connectivity index (χ1v) is 6.59. The van der Waals surface area contributed by atoms with Crippen molar-refractivity contribution < 1.29 is 8.85 Å². The average Bonchev–Trinajstić information content (AvgIpc) is 2.13. The maximum Gasteiger partial charge on any atom is 0.320 e. The zero-order valence-corrected chi connectivity index (χ0v) is 9.95. The van der Waals surface area contributed by atoms with Crippen LogP contribution in [0.25, 0.3) is 0 Å². The third-order valence-corrected chi connectivity index (χ3v) is 4.35. The molecule has 0 aromatic heterocycles. The second kappa shape index (κ2) is 7.77. The molecule has 3 heteroatoms. The van der Waals surface area contributed by atoms with E-state index in [0.717, 1.165) is 12.0 Å². The highest BCUT2D eigenvalue weighted by molar-refractivity contribution is 6.44. The molecule has 0 saturated heterocycles. The van der Waals surface area contributed by atoms with Crippen molar-refractivity contribution in [2.24, 2.45) is 5.92 Å². The predicted octanol–water partition coefficient (Wildman–Crippen LogP) is 2.33. The van der Waals surface area contributed by atoms with E-state index in [0.29, 0.717) is 0 Å². The van der Waals surface area contributed by atoms with Gasteiger partial charge in [0.05, 0.1) is 0 Å². The minimum Gasteiger partial charge on any atom is -0.400 e. The summed E-state index contributed by atoms with van der Waals surface area (Å²) >= 11 is 0. The molecule has 0 spiro atoms. The quantitative estimate of drug-likeness (QED) is 0.574. The fourth-order valence-corrected chi connectivity index (χ4v) is 2.81. The topological polar surface area (TPSA) is 18.5 Å². The van der Waals surface area contributed by atoms with Crippen LogP contribution in [0, 0.1) is 5.92 Å². The third kappa shape index (κ3) is 4.90. The van der Waals surface area contributed by atoms with Crippen molar-refractivity contribution in [1.29, 1.82) is 0 Å². The van der Waals surface area contributed by atoms with Crippen LogP contribution in [0.15, 0.2) is 0 Å². The SMILES string of the molecule is CCC(CC)CC[SiH](OC)OC. The van der Waals surface area contributed by atoms with Gasteiger partial charge in [-0.15, -0.1) is 0 Å². The van der Waals surface area contributed by atoms with Crippen LogP contribution in [-0.4, -0.2) is 23.5 Å². The van der Waals surface area contributed by atoms with E-state index >= 15 is 0 Å². The van der Waals surface area contributed by atoms with Crippen LogP contribution in [0.1, 0.15) is 33.1 Å². The molecule has 0 rings (SSSR count). The van der Waals surface area contributed by atoms with Crippen molar-refractivity contribution in [3.8, 4) is 0 Å². The molecule has 0 aromatic rings. The van der Waals surface area contributed by atoms with E-state index in [9.17, 15) is 0 Å². The van der Waals surface area contributed by atoms with Crippen LogP contribution < -0.4 is 0 Å². The number of rotatable bonds is 7. The molecule has 0 amide bonds. The Bertz CT molecular complexity index is 78.5. The normalized spacial score (nSPS) is 11.5. The molecule has 74 valence electrons. The van der Waals surface area contributed by atoms with E-state index in [-0.39, 0.29) is 0 Å². The summed E-state index contributed by atoms with van der Waals surface area (Å²) in [7, 11) is 2.24. The van der Waals surface area contributed by atoms with Crippen molar-refractivity contribution in [2.45, 2.75) is 39.2 Å². The molecule has 2 nitrogen and oxygen atoms in total. The highest BCUT2D eigenvalue weighted by Gasteiger charge is 2.12. The first-order chi connectivity index (χ1) is 5.78. The zero-order chi connectivity index (χ0) is 9.40. The molecule has 0 unspecified atom stereocenters. The van der Waals surface area contributed by atoms with Gasteiger partial charge in [0.1, 0.15) is 0 Å². The molecule has 0 aliphatic heterocycles. The average molecular weight is 190 g/mol. The van der Waals surface area contributed by atoms with Gasteiger partial charge in [0.2, 0.25) is 0 Å². The Hall–Kier alpha value is 0.137. The minimum absolute atomic E-state index is 0.866. The summed E-state index contributed by atoms with van der Waals surface area (Å²) in [4.78, 5) is 0. The summed E-state index contributed by atoms with van der Waals surface area (Å²) in [6.07, 6.45) is 3.83. The van der Waals surface area contributed by atoms with Gasteiger partial charge in [-0.2, -0.15) is 0 Å². The van der Waals surface area contributed by atoms with Gasteiger partial charge in [0, 0.05) is 14.2 Å². The van der Waals surface area contributed by atoms with Crippen molar-refractivity contribution in [2.75, 3.05) is 14.2 Å². The van der Waals surface area contributed by atoms with E-state index < -0.39 is 9.28 Å². The van der Waals surface area contributed by atoms with Crippen molar-refractivity contribution in [3.05, 3.63) is 0 Å². The van der Waals surface area contributed by atoms with Crippen molar-refractivity contribution in [1.82, 2.24) is 0 Å². The predicted molar refractivity (Wildman–Crippen MR) is 54.7 cm³/mol. The van der Waals surface area contributed by atoms with Gasteiger partial charge in [-0.25, -0.2) is 0 Å². The van der Waals surface area contributed by atoms with Crippen LogP contribution in [-0.2, 0) is 8.85 Å². The molecule has 0 N–H and O–H groups in total. The molecule has 0 heterocycles. The van der Waals surface area contributed by atoms with Crippen LogP contribution in [0.3, 0.4) is 0 Å². The summed E-state index contributed by atoms with van der Waals surface area (Å²) in [6, 6.07) is 1.15. The Morgan fingerprint density at radius 3 is 1.92 bits per heavy atom. The lowest BCUT2D eigenvalue weighted by molar-refractivity contribution is 0.272. The van der Waals surface area contributed by atoms with E-state index in [1.54, 1.807) is 14.2 Å². The lowest BCUT2D eigenvalue weighted by atomic mass is 10.0. The number of hydrogen-bond acceptors (Lipinski definition) is 2. The van der Waals surface area contributed by atoms with E-state index in [2.05, 4.69) is 13.8 Å². The minimum atomic E-state index is -1.28. The van der Waals surface area contributed by atoms with Gasteiger partial charge >= 0.3 is 9.28 Å². The molecule has 0 aliphatic carbocycles. The van der Waals surface area contributed by atoms with E-state index in [1.807, 2.05) is 0 Å². The fourth-order valence-electron chi connectivity index (χ4n) is 1.40. The first kappa shape index (κ1) is 12.1. The first-order valence-electron chi connectivity index (χ1n) is 4.84. The molecular formula is C9H22O2Si. The molecule has 0 atom stereocenters. The van der Waals surface area contributed by atoms with Crippen LogP contribution >= 0.6 is 0 Å². The monoisotopic (exact) mass is 190 g/mol. The molecule has 0 bridgehead atoms. The molecular weight excluding hydrogens is 168 g/mol. The Morgan fingerprint density at radius 2 is 1.58 bits per heavy atom. The van der Waals surface area contributed by atoms with Crippen molar-refractivity contribution >= 4 is 9.28 Å². The van der Waals surface area contributed by atoms with Gasteiger partial charge in [0.15, 0.2) is 0 Å². The Morgan fingerprint density at radius 1 is 1.08 bits per heavy atom. The lowest BCUT2D eigenvalue weighted by Gasteiger charge is -2.15. The maximum absolute atomic E-state index is 5.26. The Balaban J connectivity index is 3.49. The Kier molecular flexibility index (Phi) is 7.86. The van der Waals surface area contributed by atoms with Crippen molar-refractivity contribution in [3.63, 3.8) is 0 Å². The lowest BCUT2D eigenvalue weighted by Crippen LogP contribution is -2.19. The summed E-state index contributed by atoms with van der Waals surface area (Å²) < 4.78 is 10.5. The maximum atomic E-state index is 5.26. The van der Waals surface area contributed by atoms with Gasteiger partial charge in [-0.05, 0) is 18.4 Å². The van der Waals surface area contributed by atoms with Crippen LogP contribution in [0.4, 0.5) is 0 Å². The standard InChI is InChI=1S/C9H22O2Si/c1-5-9(6-2)7-8-12(10-3)11-4/h9,12H,5-8H2,1-4H3. The van der Waals surface area contributed by atoms with Gasteiger partial charge in [-0.1, -0.05) is 26.7 Å². The summed E-state index contributed by atoms with van der Waals surface area (Å²) in [5, 5.41) is 0. The largest absolute Gasteiger partial charge is 0.400 e. The summed E-state index contributed by atoms with van der Waals surface area (Å²) in [5.74, 6) is 0.866.